The van der Waals surface area contributed by atoms with Gasteiger partial charge >= 0.3 is 0 Å². The first-order valence-corrected chi connectivity index (χ1v) is 10.1. The largest absolute Gasteiger partial charge is 0.497 e. The van der Waals surface area contributed by atoms with E-state index in [4.69, 9.17) is 9.47 Å². The Morgan fingerprint density at radius 3 is 2.27 bits per heavy atom. The van der Waals surface area contributed by atoms with Crippen molar-refractivity contribution in [3.05, 3.63) is 65.7 Å². The number of benzene rings is 2. The molecule has 1 amide bonds. The number of rotatable bonds is 7. The molecule has 2 aromatic carbocycles. The zero-order valence-electron chi connectivity index (χ0n) is 17.5. The maximum absolute atomic E-state index is 12.5. The summed E-state index contributed by atoms with van der Waals surface area (Å²) in [5.74, 6) is 1.58. The molecule has 2 aromatic rings. The Balaban J connectivity index is 1.54. The fourth-order valence-electron chi connectivity index (χ4n) is 3.47. The normalized spacial score (nSPS) is 15.6. The number of amides is 1. The highest BCUT2D eigenvalue weighted by Gasteiger charge is 2.26. The zero-order valence-corrected chi connectivity index (χ0v) is 17.5. The van der Waals surface area contributed by atoms with Gasteiger partial charge in [0.05, 0.1) is 19.8 Å². The van der Waals surface area contributed by atoms with Gasteiger partial charge in [0.1, 0.15) is 17.5 Å². The Kier molecular flexibility index (Phi) is 7.47. The number of ether oxygens (including phenoxy) is 2. The van der Waals surface area contributed by atoms with Gasteiger partial charge in [-0.3, -0.25) is 9.69 Å². The van der Waals surface area contributed by atoms with Crippen molar-refractivity contribution in [3.63, 3.8) is 0 Å². The Morgan fingerprint density at radius 2 is 1.70 bits per heavy atom. The third kappa shape index (κ3) is 5.40. The predicted octanol–water partition coefficient (Wildman–Crippen LogP) is 3.52. The first-order chi connectivity index (χ1) is 14.6. The molecule has 1 atom stereocenters. The standard InChI is InChI=1S/C24H27N3O3/c1-3-30-22-9-4-19(5-10-22)6-13-24(28)27-16-14-26(15-17-27)23(18-25)20-7-11-21(29-2)12-8-20/h4-13,23H,3,14-17H2,1-2H3/b13-6+. The van der Waals surface area contributed by atoms with Crippen LogP contribution in [0.1, 0.15) is 24.1 Å². The van der Waals surface area contributed by atoms with Gasteiger partial charge in [0, 0.05) is 32.3 Å². The Labute approximate surface area is 177 Å². The molecule has 156 valence electrons. The van der Waals surface area contributed by atoms with Crippen LogP contribution in [0.3, 0.4) is 0 Å². The maximum Gasteiger partial charge on any atom is 0.246 e. The second-order valence-electron chi connectivity index (χ2n) is 7.00. The molecule has 1 aliphatic heterocycles. The molecule has 30 heavy (non-hydrogen) atoms. The first kappa shape index (κ1) is 21.4. The number of methoxy groups -OCH3 is 1. The summed E-state index contributed by atoms with van der Waals surface area (Å²) in [4.78, 5) is 16.5. The second kappa shape index (κ2) is 10.5. The van der Waals surface area contributed by atoms with Gasteiger partial charge in [-0.15, -0.1) is 0 Å². The molecule has 1 aliphatic rings. The second-order valence-corrected chi connectivity index (χ2v) is 7.00. The number of carbonyl (C=O) groups is 1. The van der Waals surface area contributed by atoms with Crippen molar-refractivity contribution in [1.82, 2.24) is 9.80 Å². The van der Waals surface area contributed by atoms with E-state index in [1.807, 2.05) is 66.4 Å². The highest BCUT2D eigenvalue weighted by Crippen LogP contribution is 2.24. The minimum absolute atomic E-state index is 0.0125. The summed E-state index contributed by atoms with van der Waals surface area (Å²) in [6.45, 7) is 5.09. The molecule has 6 heteroatoms. The van der Waals surface area contributed by atoms with Crippen molar-refractivity contribution in [2.45, 2.75) is 13.0 Å². The van der Waals surface area contributed by atoms with Crippen LogP contribution < -0.4 is 9.47 Å². The summed E-state index contributed by atoms with van der Waals surface area (Å²) in [6.07, 6.45) is 3.43. The molecule has 0 spiro atoms. The minimum Gasteiger partial charge on any atom is -0.497 e. The summed E-state index contributed by atoms with van der Waals surface area (Å²) >= 11 is 0. The number of nitrogens with zero attached hydrogens (tertiary/aromatic N) is 3. The summed E-state index contributed by atoms with van der Waals surface area (Å²) < 4.78 is 10.6. The van der Waals surface area contributed by atoms with Crippen LogP contribution in [-0.2, 0) is 4.79 Å². The van der Waals surface area contributed by atoms with Gasteiger partial charge in [-0.2, -0.15) is 5.26 Å². The van der Waals surface area contributed by atoms with Crippen molar-refractivity contribution in [2.75, 3.05) is 39.9 Å². The van der Waals surface area contributed by atoms with E-state index in [1.54, 1.807) is 13.2 Å². The van der Waals surface area contributed by atoms with Crippen LogP contribution in [0.4, 0.5) is 0 Å². The maximum atomic E-state index is 12.5. The van der Waals surface area contributed by atoms with Gasteiger partial charge in [-0.25, -0.2) is 0 Å². The molecular weight excluding hydrogens is 378 g/mol. The Bertz CT molecular complexity index is 893. The third-order valence-electron chi connectivity index (χ3n) is 5.15. The van der Waals surface area contributed by atoms with E-state index >= 15 is 0 Å². The number of hydrogen-bond acceptors (Lipinski definition) is 5. The lowest BCUT2D eigenvalue weighted by Crippen LogP contribution is -2.49. The quantitative estimate of drug-likeness (QED) is 0.660. The van der Waals surface area contributed by atoms with E-state index in [0.29, 0.717) is 32.8 Å². The predicted molar refractivity (Wildman–Crippen MR) is 116 cm³/mol. The van der Waals surface area contributed by atoms with E-state index in [-0.39, 0.29) is 11.9 Å². The Hall–Kier alpha value is -3.30. The third-order valence-corrected chi connectivity index (χ3v) is 5.15. The average molecular weight is 405 g/mol. The zero-order chi connectivity index (χ0) is 21.3. The first-order valence-electron chi connectivity index (χ1n) is 10.1. The monoisotopic (exact) mass is 405 g/mol. The molecule has 0 aliphatic carbocycles. The topological polar surface area (TPSA) is 65.8 Å². The molecule has 1 heterocycles. The van der Waals surface area contributed by atoms with Gasteiger partial charge in [0.15, 0.2) is 0 Å². The molecular formula is C24H27N3O3. The molecule has 0 saturated carbocycles. The summed E-state index contributed by atoms with van der Waals surface area (Å²) in [7, 11) is 1.62. The molecule has 1 fully saturated rings. The molecule has 1 saturated heterocycles. The molecule has 6 nitrogen and oxygen atoms in total. The van der Waals surface area contributed by atoms with E-state index in [0.717, 1.165) is 22.6 Å². The number of piperazine rings is 1. The van der Waals surface area contributed by atoms with E-state index < -0.39 is 0 Å². The fourth-order valence-corrected chi connectivity index (χ4v) is 3.47. The summed E-state index contributed by atoms with van der Waals surface area (Å²) in [5.41, 5.74) is 1.89. The van der Waals surface area contributed by atoms with Crippen LogP contribution in [0.25, 0.3) is 6.08 Å². The van der Waals surface area contributed by atoms with Crippen LogP contribution in [0, 0.1) is 11.3 Å². The highest BCUT2D eigenvalue weighted by molar-refractivity contribution is 5.91. The SMILES string of the molecule is CCOc1ccc(/C=C/C(=O)N2CCN(C(C#N)c3ccc(OC)cc3)CC2)cc1. The fraction of sp³-hybridized carbons (Fsp3) is 0.333. The molecule has 0 bridgehead atoms. The van der Waals surface area contributed by atoms with Crippen LogP contribution in [0.2, 0.25) is 0 Å². The lowest BCUT2D eigenvalue weighted by Gasteiger charge is -2.36. The minimum atomic E-state index is -0.326. The van der Waals surface area contributed by atoms with E-state index in [2.05, 4.69) is 11.0 Å². The van der Waals surface area contributed by atoms with E-state index in [9.17, 15) is 10.1 Å². The van der Waals surface area contributed by atoms with Gasteiger partial charge in [-0.05, 0) is 48.4 Å². The van der Waals surface area contributed by atoms with Gasteiger partial charge < -0.3 is 14.4 Å². The molecule has 0 radical (unpaired) electrons. The van der Waals surface area contributed by atoms with Gasteiger partial charge in [-0.1, -0.05) is 24.3 Å². The molecule has 1 unspecified atom stereocenters. The molecule has 3 rings (SSSR count). The lowest BCUT2D eigenvalue weighted by atomic mass is 10.1. The van der Waals surface area contributed by atoms with Crippen molar-refractivity contribution in [3.8, 4) is 17.6 Å². The number of carbonyl (C=O) groups excluding carboxylic acids is 1. The number of hydrogen-bond donors (Lipinski definition) is 0. The summed E-state index contributed by atoms with van der Waals surface area (Å²) in [5, 5.41) is 9.67. The van der Waals surface area contributed by atoms with Gasteiger partial charge in [0.25, 0.3) is 0 Å². The number of nitriles is 1. The molecule has 0 aromatic heterocycles. The van der Waals surface area contributed by atoms with Crippen LogP contribution in [0.15, 0.2) is 54.6 Å². The van der Waals surface area contributed by atoms with Crippen LogP contribution in [-0.4, -0.2) is 55.6 Å². The molecule has 0 N–H and O–H groups in total. The van der Waals surface area contributed by atoms with Crippen molar-refractivity contribution in [2.24, 2.45) is 0 Å². The van der Waals surface area contributed by atoms with Crippen molar-refractivity contribution < 1.29 is 14.3 Å². The van der Waals surface area contributed by atoms with Gasteiger partial charge in [0.2, 0.25) is 5.91 Å². The lowest BCUT2D eigenvalue weighted by molar-refractivity contribution is -0.127. The van der Waals surface area contributed by atoms with E-state index in [1.165, 1.54) is 0 Å². The highest BCUT2D eigenvalue weighted by atomic mass is 16.5. The van der Waals surface area contributed by atoms with Crippen molar-refractivity contribution in [1.29, 1.82) is 5.26 Å². The van der Waals surface area contributed by atoms with Crippen LogP contribution in [0.5, 0.6) is 11.5 Å². The van der Waals surface area contributed by atoms with Crippen molar-refractivity contribution >= 4 is 12.0 Å². The average Bonchev–Trinajstić information content (AvgIpc) is 2.80. The summed E-state index contributed by atoms with van der Waals surface area (Å²) in [6, 6.07) is 17.3. The smallest absolute Gasteiger partial charge is 0.246 e. The Morgan fingerprint density at radius 1 is 1.07 bits per heavy atom. The van der Waals surface area contributed by atoms with Crippen LogP contribution >= 0.6 is 0 Å².